The number of fused-ring (bicyclic) bond motifs is 3. The molecule has 1 N–H and O–H groups in total. The van der Waals surface area contributed by atoms with E-state index in [9.17, 15) is 4.39 Å². The average molecular weight is 222 g/mol. The van der Waals surface area contributed by atoms with Gasteiger partial charge in [-0.05, 0) is 23.7 Å². The third kappa shape index (κ3) is 1.18. The fourth-order valence-electron chi connectivity index (χ4n) is 1.67. The van der Waals surface area contributed by atoms with E-state index in [1.165, 1.54) is 12.3 Å². The fraction of sp³-hybridized carbons (Fsp3) is 0. The summed E-state index contributed by atoms with van der Waals surface area (Å²) in [6, 6.07) is 4.83. The number of H-pyrrole nitrogens is 1. The van der Waals surface area contributed by atoms with Crippen LogP contribution in [0.1, 0.15) is 0 Å². The van der Waals surface area contributed by atoms with Crippen LogP contribution in [0.15, 0.2) is 24.4 Å². The van der Waals surface area contributed by atoms with Crippen LogP contribution in [0.5, 0.6) is 0 Å². The molecule has 0 atom stereocenters. The third-order valence-corrected chi connectivity index (χ3v) is 2.48. The highest BCUT2D eigenvalue weighted by molar-refractivity contribution is 6.28. The van der Waals surface area contributed by atoms with Crippen molar-refractivity contribution in [1.29, 1.82) is 0 Å². The second kappa shape index (κ2) is 2.90. The van der Waals surface area contributed by atoms with Gasteiger partial charge in [-0.15, -0.1) is 0 Å². The van der Waals surface area contributed by atoms with Crippen LogP contribution in [-0.2, 0) is 0 Å². The highest BCUT2D eigenvalue weighted by atomic mass is 35.5. The van der Waals surface area contributed by atoms with Crippen molar-refractivity contribution in [1.82, 2.24) is 15.0 Å². The summed E-state index contributed by atoms with van der Waals surface area (Å²) in [5.74, 6) is -0.287. The largest absolute Gasteiger partial charge is 0.339 e. The van der Waals surface area contributed by atoms with Gasteiger partial charge in [0.1, 0.15) is 11.5 Å². The summed E-state index contributed by atoms with van der Waals surface area (Å²) in [4.78, 5) is 10.8. The fourth-order valence-corrected chi connectivity index (χ4v) is 1.80. The van der Waals surface area contributed by atoms with Gasteiger partial charge >= 0.3 is 0 Å². The monoisotopic (exact) mass is 221 g/mol. The normalized spacial score (nSPS) is 11.3. The molecule has 74 valence electrons. The highest BCUT2D eigenvalue weighted by Gasteiger charge is 2.09. The van der Waals surface area contributed by atoms with E-state index in [0.29, 0.717) is 21.9 Å². The van der Waals surface area contributed by atoms with E-state index >= 15 is 0 Å². The number of hydrogen-bond donors (Lipinski definition) is 1. The number of aromatic amines is 1. The molecule has 0 saturated heterocycles. The van der Waals surface area contributed by atoms with Crippen LogP contribution in [0.25, 0.3) is 21.9 Å². The molecular formula is C10H5ClFN3. The molecular weight excluding hydrogens is 217 g/mol. The number of nitrogens with zero attached hydrogens (tertiary/aromatic N) is 2. The van der Waals surface area contributed by atoms with Gasteiger partial charge in [-0.25, -0.2) is 9.37 Å². The van der Waals surface area contributed by atoms with Gasteiger partial charge in [-0.1, -0.05) is 6.07 Å². The second-order valence-corrected chi connectivity index (χ2v) is 3.53. The van der Waals surface area contributed by atoms with Crippen molar-refractivity contribution in [2.45, 2.75) is 0 Å². The molecule has 0 aliphatic rings. The second-order valence-electron chi connectivity index (χ2n) is 3.19. The first-order valence-electron chi connectivity index (χ1n) is 4.34. The van der Waals surface area contributed by atoms with Gasteiger partial charge in [0.05, 0.1) is 5.52 Å². The SMILES string of the molecule is Fc1cccc2[nH]c3nc(Cl)ncc3c12. The van der Waals surface area contributed by atoms with Crippen molar-refractivity contribution < 1.29 is 4.39 Å². The molecule has 5 heteroatoms. The van der Waals surface area contributed by atoms with E-state index in [1.807, 2.05) is 0 Å². The smallest absolute Gasteiger partial charge is 0.224 e. The van der Waals surface area contributed by atoms with Crippen molar-refractivity contribution in [3.8, 4) is 0 Å². The maximum Gasteiger partial charge on any atom is 0.224 e. The molecule has 3 nitrogen and oxygen atoms in total. The standard InChI is InChI=1S/C10H5ClFN3/c11-10-13-4-5-8-6(12)2-1-3-7(8)14-9(5)15-10/h1-4H,(H,13,14,15). The van der Waals surface area contributed by atoms with E-state index in [1.54, 1.807) is 12.1 Å². The lowest BCUT2D eigenvalue weighted by Crippen LogP contribution is -1.81. The number of halogens is 2. The predicted octanol–water partition coefficient (Wildman–Crippen LogP) is 2.90. The van der Waals surface area contributed by atoms with Gasteiger partial charge in [0.25, 0.3) is 0 Å². The van der Waals surface area contributed by atoms with Crippen molar-refractivity contribution >= 4 is 33.5 Å². The first-order chi connectivity index (χ1) is 7.25. The van der Waals surface area contributed by atoms with E-state index in [0.717, 1.165) is 0 Å². The number of benzene rings is 1. The van der Waals surface area contributed by atoms with Crippen molar-refractivity contribution in [3.63, 3.8) is 0 Å². The van der Waals surface area contributed by atoms with Crippen LogP contribution < -0.4 is 0 Å². The van der Waals surface area contributed by atoms with Gasteiger partial charge in [-0.3, -0.25) is 0 Å². The average Bonchev–Trinajstić information content (AvgIpc) is 2.56. The Bertz CT molecular complexity index is 662. The molecule has 0 fully saturated rings. The molecule has 0 aliphatic carbocycles. The lowest BCUT2D eigenvalue weighted by molar-refractivity contribution is 0.640. The predicted molar refractivity (Wildman–Crippen MR) is 56.4 cm³/mol. The summed E-state index contributed by atoms with van der Waals surface area (Å²) in [6.45, 7) is 0. The first kappa shape index (κ1) is 8.61. The molecule has 0 saturated carbocycles. The number of rotatable bonds is 0. The zero-order valence-electron chi connectivity index (χ0n) is 7.46. The van der Waals surface area contributed by atoms with E-state index in [-0.39, 0.29) is 11.1 Å². The Morgan fingerprint density at radius 1 is 1.33 bits per heavy atom. The molecule has 0 amide bonds. The van der Waals surface area contributed by atoms with Crippen LogP contribution in [0, 0.1) is 5.82 Å². The molecule has 0 unspecified atom stereocenters. The van der Waals surface area contributed by atoms with Crippen LogP contribution in [0.2, 0.25) is 5.28 Å². The summed E-state index contributed by atoms with van der Waals surface area (Å²) in [6.07, 6.45) is 1.52. The summed E-state index contributed by atoms with van der Waals surface area (Å²) in [7, 11) is 0. The summed E-state index contributed by atoms with van der Waals surface area (Å²) in [5, 5.41) is 1.30. The molecule has 15 heavy (non-hydrogen) atoms. The minimum absolute atomic E-state index is 0.148. The van der Waals surface area contributed by atoms with Crippen LogP contribution in [0.3, 0.4) is 0 Å². The third-order valence-electron chi connectivity index (χ3n) is 2.30. The maximum atomic E-state index is 13.5. The molecule has 1 aromatic carbocycles. The molecule has 3 rings (SSSR count). The first-order valence-corrected chi connectivity index (χ1v) is 4.72. The molecule has 3 aromatic rings. The lowest BCUT2D eigenvalue weighted by atomic mass is 10.2. The number of hydrogen-bond acceptors (Lipinski definition) is 2. The van der Waals surface area contributed by atoms with E-state index in [2.05, 4.69) is 15.0 Å². The van der Waals surface area contributed by atoms with Gasteiger partial charge in [0.15, 0.2) is 0 Å². The quantitative estimate of drug-likeness (QED) is 0.593. The van der Waals surface area contributed by atoms with E-state index < -0.39 is 0 Å². The van der Waals surface area contributed by atoms with Gasteiger partial charge < -0.3 is 4.98 Å². The molecule has 2 aromatic heterocycles. The lowest BCUT2D eigenvalue weighted by Gasteiger charge is -1.91. The molecule has 0 bridgehead atoms. The van der Waals surface area contributed by atoms with Gasteiger partial charge in [0.2, 0.25) is 5.28 Å². The van der Waals surface area contributed by atoms with Crippen molar-refractivity contribution in [3.05, 3.63) is 35.5 Å². The maximum absolute atomic E-state index is 13.5. The Morgan fingerprint density at radius 2 is 2.20 bits per heavy atom. The van der Waals surface area contributed by atoms with Crippen molar-refractivity contribution in [2.75, 3.05) is 0 Å². The van der Waals surface area contributed by atoms with Crippen molar-refractivity contribution in [2.24, 2.45) is 0 Å². The Hall–Kier alpha value is -1.68. The zero-order chi connectivity index (χ0) is 10.4. The Balaban J connectivity index is 2.59. The van der Waals surface area contributed by atoms with Gasteiger partial charge in [-0.2, -0.15) is 4.98 Å². The molecule has 2 heterocycles. The molecule has 0 radical (unpaired) electrons. The minimum Gasteiger partial charge on any atom is -0.339 e. The van der Waals surface area contributed by atoms with E-state index in [4.69, 9.17) is 11.6 Å². The zero-order valence-corrected chi connectivity index (χ0v) is 8.22. The minimum atomic E-state index is -0.287. The van der Waals surface area contributed by atoms with Crippen LogP contribution in [-0.4, -0.2) is 15.0 Å². The Kier molecular flexibility index (Phi) is 1.67. The summed E-state index contributed by atoms with van der Waals surface area (Å²) >= 11 is 5.65. The van der Waals surface area contributed by atoms with Crippen LogP contribution >= 0.6 is 11.6 Å². The molecule has 0 aliphatic heterocycles. The molecule has 0 spiro atoms. The topological polar surface area (TPSA) is 41.6 Å². The summed E-state index contributed by atoms with van der Waals surface area (Å²) < 4.78 is 13.5. The summed E-state index contributed by atoms with van der Waals surface area (Å²) in [5.41, 5.74) is 1.25. The Labute approximate surface area is 88.9 Å². The highest BCUT2D eigenvalue weighted by Crippen LogP contribution is 2.26. The van der Waals surface area contributed by atoms with Crippen LogP contribution in [0.4, 0.5) is 4.39 Å². The Morgan fingerprint density at radius 3 is 3.07 bits per heavy atom. The van der Waals surface area contributed by atoms with Gasteiger partial charge in [0, 0.05) is 17.0 Å². The number of nitrogens with one attached hydrogen (secondary N) is 1. The number of aromatic nitrogens is 3.